The van der Waals surface area contributed by atoms with Crippen LogP contribution in [-0.4, -0.2) is 0 Å². The van der Waals surface area contributed by atoms with E-state index in [1.807, 2.05) is 17.4 Å². The van der Waals surface area contributed by atoms with Crippen LogP contribution in [0.4, 0.5) is 34.1 Å². The van der Waals surface area contributed by atoms with Crippen LogP contribution in [0.3, 0.4) is 0 Å². The molecule has 8 aliphatic rings. The maximum atomic E-state index is 6.39. The lowest BCUT2D eigenvalue weighted by molar-refractivity contribution is 0.420. The fraction of sp³-hybridized carbons (Fsp3) is 0.318. The van der Waals surface area contributed by atoms with Gasteiger partial charge >= 0.3 is 0 Å². The van der Waals surface area contributed by atoms with Crippen LogP contribution in [-0.2, 0) is 0 Å². The summed E-state index contributed by atoms with van der Waals surface area (Å²) in [5.41, 5.74) is 20.3. The summed E-state index contributed by atoms with van der Waals surface area (Å²) in [6, 6.07) is 87.3. The number of benzene rings is 10. The molecule has 8 aliphatic carbocycles. The Balaban J connectivity index is 0.000000132. The first-order chi connectivity index (χ1) is 45.5. The molecule has 2 aromatic heterocycles. The summed E-state index contributed by atoms with van der Waals surface area (Å²) in [5, 5.41) is 5.07. The van der Waals surface area contributed by atoms with Crippen molar-refractivity contribution in [3.63, 3.8) is 0 Å². The number of furan rings is 1. The van der Waals surface area contributed by atoms with Gasteiger partial charge in [-0.05, 0) is 278 Å². The van der Waals surface area contributed by atoms with Crippen molar-refractivity contribution < 1.29 is 4.42 Å². The molecule has 0 amide bonds. The second kappa shape index (κ2) is 22.8. The Morgan fingerprint density at radius 3 is 1.04 bits per heavy atom. The topological polar surface area (TPSA) is 19.6 Å². The molecule has 10 aromatic carbocycles. The van der Waals surface area contributed by atoms with E-state index in [1.165, 1.54) is 196 Å². The maximum absolute atomic E-state index is 6.39. The average Bonchev–Trinajstić information content (AvgIpc) is 1.68. The smallest absolute Gasteiger partial charge is 0.143 e. The Bertz CT molecular complexity index is 4520. The average molecular weight is 1220 g/mol. The molecule has 12 atom stereocenters. The third-order valence-electron chi connectivity index (χ3n) is 24.9. The molecule has 12 unspecified atom stereocenters. The molecule has 0 N–H and O–H groups in total. The first-order valence-electron chi connectivity index (χ1n) is 35.5. The predicted octanol–water partition coefficient (Wildman–Crippen LogP) is 25.5. The van der Waals surface area contributed by atoms with E-state index < -0.39 is 0 Å². The van der Waals surface area contributed by atoms with E-state index in [-0.39, 0.29) is 0 Å². The molecule has 0 spiro atoms. The van der Waals surface area contributed by atoms with Crippen LogP contribution in [0.5, 0.6) is 0 Å². The van der Waals surface area contributed by atoms with Gasteiger partial charge in [0.15, 0.2) is 0 Å². The van der Waals surface area contributed by atoms with Gasteiger partial charge in [0.2, 0.25) is 0 Å². The van der Waals surface area contributed by atoms with Gasteiger partial charge in [-0.1, -0.05) is 165 Å². The zero-order valence-corrected chi connectivity index (χ0v) is 53.7. The zero-order valence-electron chi connectivity index (χ0n) is 52.9. The van der Waals surface area contributed by atoms with Gasteiger partial charge in [0, 0.05) is 70.6 Å². The molecule has 4 heteroatoms. The van der Waals surface area contributed by atoms with Gasteiger partial charge in [0.05, 0.1) is 0 Å². The molecule has 3 nitrogen and oxygen atoms in total. The molecule has 2 heterocycles. The summed E-state index contributed by atoms with van der Waals surface area (Å²) in [6.45, 7) is 0. The summed E-state index contributed by atoms with van der Waals surface area (Å²) in [4.78, 5) is 4.92. The Morgan fingerprint density at radius 2 is 0.630 bits per heavy atom. The summed E-state index contributed by atoms with van der Waals surface area (Å²) in [6.07, 6.45) is 22.9. The van der Waals surface area contributed by atoms with Crippen molar-refractivity contribution in [2.45, 2.75) is 126 Å². The number of rotatable bonds is 12. The van der Waals surface area contributed by atoms with Crippen molar-refractivity contribution in [1.82, 2.24) is 0 Å². The lowest BCUT2D eigenvalue weighted by Crippen LogP contribution is -2.12. The lowest BCUT2D eigenvalue weighted by Gasteiger charge is -2.28. The van der Waals surface area contributed by atoms with Gasteiger partial charge in [-0.15, -0.1) is 11.3 Å². The highest BCUT2D eigenvalue weighted by Crippen LogP contribution is 2.57. The summed E-state index contributed by atoms with van der Waals surface area (Å²) >= 11 is 1.89. The molecule has 456 valence electrons. The van der Waals surface area contributed by atoms with E-state index in [9.17, 15) is 0 Å². The zero-order chi connectivity index (χ0) is 60.4. The van der Waals surface area contributed by atoms with Crippen molar-refractivity contribution in [1.29, 1.82) is 0 Å². The van der Waals surface area contributed by atoms with Gasteiger partial charge in [-0.2, -0.15) is 0 Å². The molecular formula is C88H82N2OS. The van der Waals surface area contributed by atoms with Crippen molar-refractivity contribution in [3.05, 3.63) is 253 Å². The van der Waals surface area contributed by atoms with E-state index in [2.05, 4.69) is 234 Å². The monoisotopic (exact) mass is 1210 g/mol. The third-order valence-corrected chi connectivity index (χ3v) is 26.1. The summed E-state index contributed by atoms with van der Waals surface area (Å²) in [7, 11) is 0. The number of nitrogens with zero attached hydrogens (tertiary/aromatic N) is 2. The fourth-order valence-electron chi connectivity index (χ4n) is 20.6. The number of anilines is 6. The standard InChI is InChI=1S/C44H41NO.C44H41NS/c1-2-7-43-39(4-1)40-6-3-5-38(44(40)46-43)30-12-18-35(19-13-30)45(36-20-14-31(15-21-36)41-26-28-8-10-33(41)24-28)37-22-16-32(17-23-37)42-27-29-9-11-34(42)25-29;1-2-6-42-39(4-1)44-38(5-3-7-43(44)46-42)30-12-18-35(19-13-30)45(36-20-14-31(15-21-36)40-26-28-8-10-33(40)24-28)37-22-16-32(17-23-37)41-27-29-9-11-34(41)25-29/h1-7,12-23,28-29,33-34,41-42H,8-11,24-27H2;1-7,12-23,28-29,33-34,40-41H,8-11,24-27H2. The minimum absolute atomic E-state index is 0.752. The molecule has 92 heavy (non-hydrogen) atoms. The molecule has 20 rings (SSSR count). The second-order valence-electron chi connectivity index (χ2n) is 29.8. The maximum Gasteiger partial charge on any atom is 0.143 e. The van der Waals surface area contributed by atoms with Crippen molar-refractivity contribution >= 4 is 87.6 Å². The molecule has 12 aromatic rings. The molecular weight excluding hydrogens is 1130 g/mol. The van der Waals surface area contributed by atoms with Crippen LogP contribution >= 0.6 is 11.3 Å². The SMILES string of the molecule is c1ccc2c(c1)oc1c(-c3ccc(N(c4ccc(C5CC6CCC5C6)cc4)c4ccc(C5CC6CCC5C6)cc4)cc3)cccc12.c1ccc2c(c1)sc1cccc(-c3ccc(N(c4ccc(C5CC6CCC5C6)cc4)c4ccc(C5CC6CCC5C6)cc4)cc3)c12. The van der Waals surface area contributed by atoms with Crippen molar-refractivity contribution in [2.75, 3.05) is 9.80 Å². The van der Waals surface area contributed by atoms with Crippen molar-refractivity contribution in [3.8, 4) is 22.3 Å². The number of hydrogen-bond donors (Lipinski definition) is 0. The minimum atomic E-state index is 0.752. The quantitative estimate of drug-likeness (QED) is 0.122. The van der Waals surface area contributed by atoms with Gasteiger partial charge in [0.25, 0.3) is 0 Å². The highest BCUT2D eigenvalue weighted by molar-refractivity contribution is 7.25. The lowest BCUT2D eigenvalue weighted by atomic mass is 9.83. The first kappa shape index (κ1) is 55.5. The molecule has 8 fully saturated rings. The fourth-order valence-corrected chi connectivity index (χ4v) is 21.7. The number of para-hydroxylation sites is 2. The van der Waals surface area contributed by atoms with Crippen LogP contribution in [0.2, 0.25) is 0 Å². The highest BCUT2D eigenvalue weighted by Gasteiger charge is 2.43. The number of thiophene rings is 1. The molecule has 0 aliphatic heterocycles. The summed E-state index contributed by atoms with van der Waals surface area (Å²) in [5.74, 6) is 10.5. The highest BCUT2D eigenvalue weighted by atomic mass is 32.1. The Labute approximate surface area is 547 Å². The molecule has 8 bridgehead atoms. The van der Waals surface area contributed by atoms with Crippen LogP contribution in [0, 0.1) is 47.3 Å². The van der Waals surface area contributed by atoms with Gasteiger partial charge in [0.1, 0.15) is 11.2 Å². The summed E-state index contributed by atoms with van der Waals surface area (Å²) < 4.78 is 9.10. The third kappa shape index (κ3) is 9.78. The normalized spacial score (nSPS) is 26.4. The van der Waals surface area contributed by atoms with Gasteiger partial charge in [-0.3, -0.25) is 0 Å². The van der Waals surface area contributed by atoms with Crippen LogP contribution in [0.25, 0.3) is 64.4 Å². The Morgan fingerprint density at radius 1 is 0.283 bits per heavy atom. The van der Waals surface area contributed by atoms with Crippen molar-refractivity contribution in [2.24, 2.45) is 47.3 Å². The minimum Gasteiger partial charge on any atom is -0.455 e. The first-order valence-corrected chi connectivity index (χ1v) is 36.3. The van der Waals surface area contributed by atoms with Crippen LogP contribution in [0.1, 0.15) is 149 Å². The van der Waals surface area contributed by atoms with E-state index in [0.29, 0.717) is 0 Å². The van der Waals surface area contributed by atoms with Crippen LogP contribution in [0.15, 0.2) is 235 Å². The van der Waals surface area contributed by atoms with E-state index >= 15 is 0 Å². The molecule has 0 radical (unpaired) electrons. The van der Waals surface area contributed by atoms with E-state index in [0.717, 1.165) is 87.7 Å². The van der Waals surface area contributed by atoms with Gasteiger partial charge < -0.3 is 14.2 Å². The Kier molecular flexibility index (Phi) is 13.8. The van der Waals surface area contributed by atoms with E-state index in [1.54, 1.807) is 11.1 Å². The van der Waals surface area contributed by atoms with Gasteiger partial charge in [-0.25, -0.2) is 0 Å². The van der Waals surface area contributed by atoms with Crippen LogP contribution < -0.4 is 9.80 Å². The second-order valence-corrected chi connectivity index (χ2v) is 30.9. The largest absolute Gasteiger partial charge is 0.455 e. The van der Waals surface area contributed by atoms with E-state index in [4.69, 9.17) is 4.42 Å². The number of fused-ring (bicyclic) bond motifs is 14. The molecule has 8 saturated carbocycles. The predicted molar refractivity (Wildman–Crippen MR) is 386 cm³/mol. The Hall–Kier alpha value is -8.18. The number of hydrogen-bond acceptors (Lipinski definition) is 4. The molecule has 0 saturated heterocycles.